The van der Waals surface area contributed by atoms with Crippen LogP contribution in [0.15, 0.2) is 30.5 Å². The molecule has 2 aromatic rings. The molecule has 0 unspecified atom stereocenters. The standard InChI is InChI=1S/C15H18Cl2N4O/c1-18-8-3-6-15(22)20-14-7-9-19-21(14)10-11-12(16)4-2-5-13(11)17/h2,4-5,7,9,18H,3,6,8,10H2,1H3,(H,20,22). The SMILES string of the molecule is CNCCCC(=O)Nc1ccnn1Cc1c(Cl)cccc1Cl. The van der Waals surface area contributed by atoms with Gasteiger partial charge in [0, 0.05) is 28.1 Å². The molecule has 5 nitrogen and oxygen atoms in total. The predicted molar refractivity (Wildman–Crippen MR) is 89.6 cm³/mol. The second-order valence-electron chi connectivity index (χ2n) is 4.83. The summed E-state index contributed by atoms with van der Waals surface area (Å²) in [6.45, 7) is 1.21. The number of hydrogen-bond acceptors (Lipinski definition) is 3. The quantitative estimate of drug-likeness (QED) is 0.761. The van der Waals surface area contributed by atoms with Crippen molar-refractivity contribution in [1.82, 2.24) is 15.1 Å². The number of nitrogens with zero attached hydrogens (tertiary/aromatic N) is 2. The minimum absolute atomic E-state index is 0.0396. The molecule has 2 N–H and O–H groups in total. The van der Waals surface area contributed by atoms with Gasteiger partial charge in [-0.1, -0.05) is 29.3 Å². The molecule has 1 aromatic carbocycles. The first-order valence-electron chi connectivity index (χ1n) is 7.01. The summed E-state index contributed by atoms with van der Waals surface area (Å²) in [6, 6.07) is 7.10. The number of nitrogens with one attached hydrogen (secondary N) is 2. The fourth-order valence-electron chi connectivity index (χ4n) is 2.03. The summed E-state index contributed by atoms with van der Waals surface area (Å²) >= 11 is 12.3. The van der Waals surface area contributed by atoms with Crippen LogP contribution in [0.25, 0.3) is 0 Å². The number of aromatic nitrogens is 2. The van der Waals surface area contributed by atoms with Gasteiger partial charge in [0.25, 0.3) is 0 Å². The second kappa shape index (κ2) is 8.17. The van der Waals surface area contributed by atoms with Gasteiger partial charge in [-0.25, -0.2) is 4.68 Å². The number of halogens is 2. The van der Waals surface area contributed by atoms with E-state index in [9.17, 15) is 4.79 Å². The van der Waals surface area contributed by atoms with Gasteiger partial charge in [0.05, 0.1) is 12.7 Å². The van der Waals surface area contributed by atoms with Gasteiger partial charge >= 0.3 is 0 Å². The maximum atomic E-state index is 11.9. The molecule has 0 saturated carbocycles. The number of amides is 1. The molecule has 118 valence electrons. The summed E-state index contributed by atoms with van der Waals surface area (Å²) in [4.78, 5) is 11.9. The van der Waals surface area contributed by atoms with E-state index in [2.05, 4.69) is 15.7 Å². The second-order valence-corrected chi connectivity index (χ2v) is 5.64. The number of hydrogen-bond donors (Lipinski definition) is 2. The Morgan fingerprint density at radius 1 is 1.27 bits per heavy atom. The monoisotopic (exact) mass is 340 g/mol. The molecule has 0 bridgehead atoms. The van der Waals surface area contributed by atoms with Gasteiger partial charge in [-0.2, -0.15) is 5.10 Å². The average molecular weight is 341 g/mol. The van der Waals surface area contributed by atoms with Crippen molar-refractivity contribution in [3.63, 3.8) is 0 Å². The zero-order valence-corrected chi connectivity index (χ0v) is 13.8. The lowest BCUT2D eigenvalue weighted by atomic mass is 10.2. The molecular weight excluding hydrogens is 323 g/mol. The largest absolute Gasteiger partial charge is 0.320 e. The van der Waals surface area contributed by atoms with Crippen LogP contribution < -0.4 is 10.6 Å². The van der Waals surface area contributed by atoms with E-state index in [1.165, 1.54) is 0 Å². The van der Waals surface area contributed by atoms with E-state index in [1.54, 1.807) is 35.1 Å². The van der Waals surface area contributed by atoms with E-state index < -0.39 is 0 Å². The molecule has 0 aliphatic rings. The molecular formula is C15H18Cl2N4O. The molecule has 22 heavy (non-hydrogen) atoms. The summed E-state index contributed by atoms with van der Waals surface area (Å²) in [5, 5.41) is 11.2. The third kappa shape index (κ3) is 4.47. The minimum Gasteiger partial charge on any atom is -0.320 e. The van der Waals surface area contributed by atoms with Crippen LogP contribution in [0.4, 0.5) is 5.82 Å². The van der Waals surface area contributed by atoms with Gasteiger partial charge in [0.2, 0.25) is 5.91 Å². The van der Waals surface area contributed by atoms with Crippen LogP contribution in [0.1, 0.15) is 18.4 Å². The van der Waals surface area contributed by atoms with Gasteiger partial charge in [-0.3, -0.25) is 4.79 Å². The number of benzene rings is 1. The van der Waals surface area contributed by atoms with Crippen molar-refractivity contribution in [2.45, 2.75) is 19.4 Å². The Morgan fingerprint density at radius 3 is 2.68 bits per heavy atom. The summed E-state index contributed by atoms with van der Waals surface area (Å²) in [7, 11) is 1.86. The fraction of sp³-hybridized carbons (Fsp3) is 0.333. The lowest BCUT2D eigenvalue weighted by molar-refractivity contribution is -0.116. The molecule has 1 aromatic heterocycles. The highest BCUT2D eigenvalue weighted by atomic mass is 35.5. The Morgan fingerprint density at radius 2 is 2.00 bits per heavy atom. The molecule has 0 aliphatic heterocycles. The van der Waals surface area contributed by atoms with Gasteiger partial charge in [-0.05, 0) is 32.1 Å². The van der Waals surface area contributed by atoms with E-state index in [0.717, 1.165) is 18.5 Å². The maximum absolute atomic E-state index is 11.9. The molecule has 0 atom stereocenters. The molecule has 0 saturated heterocycles. The summed E-state index contributed by atoms with van der Waals surface area (Å²) < 4.78 is 1.67. The van der Waals surface area contributed by atoms with Crippen molar-refractivity contribution in [2.24, 2.45) is 0 Å². The molecule has 0 aliphatic carbocycles. The van der Waals surface area contributed by atoms with Crippen LogP contribution in [-0.4, -0.2) is 29.3 Å². The van der Waals surface area contributed by atoms with Crippen molar-refractivity contribution in [3.05, 3.63) is 46.1 Å². The first-order valence-corrected chi connectivity index (χ1v) is 7.76. The zero-order chi connectivity index (χ0) is 15.9. The lowest BCUT2D eigenvalue weighted by Crippen LogP contribution is -2.18. The van der Waals surface area contributed by atoms with E-state index in [1.807, 2.05) is 7.05 Å². The Hall–Kier alpha value is -1.56. The molecule has 0 fully saturated rings. The van der Waals surface area contributed by atoms with Crippen LogP contribution in [0, 0.1) is 0 Å². The van der Waals surface area contributed by atoms with Crippen LogP contribution in [0.2, 0.25) is 10.0 Å². The van der Waals surface area contributed by atoms with Crippen molar-refractivity contribution >= 4 is 34.9 Å². The molecule has 2 rings (SSSR count). The van der Waals surface area contributed by atoms with Crippen molar-refractivity contribution in [2.75, 3.05) is 18.9 Å². The zero-order valence-electron chi connectivity index (χ0n) is 12.3. The van der Waals surface area contributed by atoms with Crippen LogP contribution in [0.3, 0.4) is 0 Å². The number of carbonyl (C=O) groups excluding carboxylic acids is 1. The van der Waals surface area contributed by atoms with Crippen LogP contribution in [0.5, 0.6) is 0 Å². The van der Waals surface area contributed by atoms with E-state index in [0.29, 0.717) is 28.8 Å². The molecule has 1 heterocycles. The fourth-order valence-corrected chi connectivity index (χ4v) is 2.55. The minimum atomic E-state index is -0.0396. The normalized spacial score (nSPS) is 10.7. The summed E-state index contributed by atoms with van der Waals surface area (Å²) in [5.74, 6) is 0.590. The van der Waals surface area contributed by atoms with Crippen molar-refractivity contribution < 1.29 is 4.79 Å². The smallest absolute Gasteiger partial charge is 0.225 e. The Balaban J connectivity index is 2.05. The Bertz CT molecular complexity index is 622. The van der Waals surface area contributed by atoms with Crippen molar-refractivity contribution in [3.8, 4) is 0 Å². The summed E-state index contributed by atoms with van der Waals surface area (Å²) in [5.41, 5.74) is 0.778. The van der Waals surface area contributed by atoms with Crippen molar-refractivity contribution in [1.29, 1.82) is 0 Å². The summed E-state index contributed by atoms with van der Waals surface area (Å²) in [6.07, 6.45) is 2.87. The molecule has 7 heteroatoms. The number of rotatable bonds is 7. The Labute approximate surface area is 139 Å². The van der Waals surface area contributed by atoms with Gasteiger partial charge in [0.15, 0.2) is 0 Å². The third-order valence-electron chi connectivity index (χ3n) is 3.18. The molecule has 0 radical (unpaired) electrons. The highest BCUT2D eigenvalue weighted by Gasteiger charge is 2.11. The highest BCUT2D eigenvalue weighted by molar-refractivity contribution is 6.35. The van der Waals surface area contributed by atoms with E-state index >= 15 is 0 Å². The van der Waals surface area contributed by atoms with E-state index in [-0.39, 0.29) is 5.91 Å². The number of carbonyl (C=O) groups is 1. The first-order chi connectivity index (χ1) is 10.6. The van der Waals surface area contributed by atoms with Gasteiger partial charge < -0.3 is 10.6 Å². The average Bonchev–Trinajstić information content (AvgIpc) is 2.90. The lowest BCUT2D eigenvalue weighted by Gasteiger charge is -2.11. The predicted octanol–water partition coefficient (Wildman–Crippen LogP) is 3.18. The third-order valence-corrected chi connectivity index (χ3v) is 3.89. The number of anilines is 1. The Kier molecular flexibility index (Phi) is 6.24. The van der Waals surface area contributed by atoms with Crippen LogP contribution in [-0.2, 0) is 11.3 Å². The maximum Gasteiger partial charge on any atom is 0.225 e. The first kappa shape index (κ1) is 16.8. The van der Waals surface area contributed by atoms with Gasteiger partial charge in [0.1, 0.15) is 5.82 Å². The molecule has 0 spiro atoms. The topological polar surface area (TPSA) is 59.0 Å². The highest BCUT2D eigenvalue weighted by Crippen LogP contribution is 2.25. The van der Waals surface area contributed by atoms with E-state index in [4.69, 9.17) is 23.2 Å². The molecule has 1 amide bonds. The van der Waals surface area contributed by atoms with Crippen LogP contribution >= 0.6 is 23.2 Å². The van der Waals surface area contributed by atoms with Gasteiger partial charge in [-0.15, -0.1) is 0 Å².